The maximum absolute atomic E-state index is 14.3. The van der Waals surface area contributed by atoms with Gasteiger partial charge in [-0.05, 0) is 41.0 Å². The first-order valence-corrected chi connectivity index (χ1v) is 8.09. The molecule has 0 aliphatic rings. The third kappa shape index (κ3) is 3.52. The van der Waals surface area contributed by atoms with Gasteiger partial charge in [-0.3, -0.25) is 4.68 Å². The van der Waals surface area contributed by atoms with Gasteiger partial charge in [0.1, 0.15) is 11.6 Å². The fourth-order valence-electron chi connectivity index (χ4n) is 2.20. The largest absolute Gasteiger partial charge is 0.305 e. The van der Waals surface area contributed by atoms with Crippen LogP contribution in [0.2, 0.25) is 0 Å². The Kier molecular flexibility index (Phi) is 5.51. The van der Waals surface area contributed by atoms with E-state index >= 15 is 0 Å². The van der Waals surface area contributed by atoms with Gasteiger partial charge in [0.25, 0.3) is 0 Å². The highest BCUT2D eigenvalue weighted by atomic mass is 79.9. The molecule has 1 heterocycles. The Morgan fingerprint density at radius 1 is 1.29 bits per heavy atom. The van der Waals surface area contributed by atoms with Gasteiger partial charge in [-0.1, -0.05) is 22.9 Å². The van der Waals surface area contributed by atoms with Gasteiger partial charge in [-0.15, -0.1) is 0 Å². The molecule has 0 aliphatic heterocycles. The molecule has 114 valence electrons. The number of nitrogens with zero attached hydrogens (tertiary/aromatic N) is 2. The Balaban J connectivity index is 2.56. The van der Waals surface area contributed by atoms with Crippen LogP contribution in [0.1, 0.15) is 30.6 Å². The number of benzene rings is 1. The van der Waals surface area contributed by atoms with Crippen LogP contribution in [-0.2, 0) is 7.05 Å². The van der Waals surface area contributed by atoms with E-state index in [-0.39, 0.29) is 5.56 Å². The number of halogens is 4. The van der Waals surface area contributed by atoms with Crippen LogP contribution in [0.4, 0.5) is 8.78 Å². The summed E-state index contributed by atoms with van der Waals surface area (Å²) in [5.41, 5.74) is 0.680. The normalized spacial score (nSPS) is 12.7. The van der Waals surface area contributed by atoms with E-state index < -0.39 is 17.7 Å². The van der Waals surface area contributed by atoms with Crippen LogP contribution in [0.5, 0.6) is 0 Å². The fraction of sp³-hybridized carbons (Fsp3) is 0.357. The molecule has 21 heavy (non-hydrogen) atoms. The predicted octanol–water partition coefficient (Wildman–Crippen LogP) is 4.31. The van der Waals surface area contributed by atoms with E-state index in [2.05, 4.69) is 42.3 Å². The Morgan fingerprint density at radius 2 is 1.90 bits per heavy atom. The summed E-state index contributed by atoms with van der Waals surface area (Å²) in [6, 6.07) is 1.92. The summed E-state index contributed by atoms with van der Waals surface area (Å²) in [5.74, 6) is -1.19. The molecule has 0 radical (unpaired) electrons. The van der Waals surface area contributed by atoms with Gasteiger partial charge in [-0.25, -0.2) is 8.78 Å². The van der Waals surface area contributed by atoms with Gasteiger partial charge in [0, 0.05) is 17.1 Å². The molecule has 1 aromatic carbocycles. The minimum Gasteiger partial charge on any atom is -0.305 e. The molecule has 1 unspecified atom stereocenters. The molecule has 1 aromatic heterocycles. The van der Waals surface area contributed by atoms with Gasteiger partial charge in [0.15, 0.2) is 0 Å². The van der Waals surface area contributed by atoms with Gasteiger partial charge < -0.3 is 5.32 Å². The van der Waals surface area contributed by atoms with E-state index in [0.29, 0.717) is 21.2 Å². The van der Waals surface area contributed by atoms with Crippen LogP contribution in [0.25, 0.3) is 0 Å². The number of hydrogen-bond acceptors (Lipinski definition) is 2. The molecule has 2 rings (SSSR count). The van der Waals surface area contributed by atoms with Gasteiger partial charge in [0.05, 0.1) is 22.4 Å². The van der Waals surface area contributed by atoms with E-state index in [1.807, 2.05) is 6.92 Å². The zero-order valence-electron chi connectivity index (χ0n) is 11.6. The summed E-state index contributed by atoms with van der Waals surface area (Å²) in [5, 5.41) is 7.31. The SMILES string of the molecule is CCCNC(c1c(F)cc(Br)cc1F)c1c(Br)cnn1C. The molecule has 0 spiro atoms. The Labute approximate surface area is 139 Å². The van der Waals surface area contributed by atoms with Crippen molar-refractivity contribution in [3.63, 3.8) is 0 Å². The van der Waals surface area contributed by atoms with Crippen LogP contribution < -0.4 is 5.32 Å². The van der Waals surface area contributed by atoms with E-state index in [1.165, 1.54) is 12.1 Å². The molecule has 2 aromatic rings. The Hall–Kier alpha value is -0.790. The minimum absolute atomic E-state index is 0.00375. The number of hydrogen-bond donors (Lipinski definition) is 1. The molecular weight excluding hydrogens is 408 g/mol. The van der Waals surface area contributed by atoms with Crippen molar-refractivity contribution in [3.8, 4) is 0 Å². The van der Waals surface area contributed by atoms with E-state index in [1.54, 1.807) is 17.9 Å². The molecule has 7 heteroatoms. The highest BCUT2D eigenvalue weighted by molar-refractivity contribution is 9.10. The van der Waals surface area contributed by atoms with Crippen LogP contribution in [0, 0.1) is 11.6 Å². The number of nitrogens with one attached hydrogen (secondary N) is 1. The lowest BCUT2D eigenvalue weighted by molar-refractivity contribution is 0.483. The number of rotatable bonds is 5. The number of aromatic nitrogens is 2. The molecule has 0 aliphatic carbocycles. The van der Waals surface area contributed by atoms with Crippen molar-refractivity contribution in [1.82, 2.24) is 15.1 Å². The standard InChI is InChI=1S/C14H15Br2F2N3/c1-3-4-19-13(14-9(16)7-20-21(14)2)12-10(17)5-8(15)6-11(12)18/h5-7,13,19H,3-4H2,1-2H3. The van der Waals surface area contributed by atoms with Crippen LogP contribution >= 0.6 is 31.9 Å². The Morgan fingerprint density at radius 3 is 2.38 bits per heavy atom. The van der Waals surface area contributed by atoms with Gasteiger partial charge in [-0.2, -0.15) is 5.10 Å². The summed E-state index contributed by atoms with van der Waals surface area (Å²) in [6.45, 7) is 2.63. The lowest BCUT2D eigenvalue weighted by Crippen LogP contribution is -2.27. The number of aryl methyl sites for hydroxylation is 1. The van der Waals surface area contributed by atoms with Crippen molar-refractivity contribution in [1.29, 1.82) is 0 Å². The van der Waals surface area contributed by atoms with Crippen molar-refractivity contribution in [2.45, 2.75) is 19.4 Å². The lowest BCUT2D eigenvalue weighted by atomic mass is 10.0. The first-order chi connectivity index (χ1) is 9.95. The molecule has 1 atom stereocenters. The summed E-state index contributed by atoms with van der Waals surface area (Å²) in [4.78, 5) is 0. The van der Waals surface area contributed by atoms with Crippen LogP contribution in [0.3, 0.4) is 0 Å². The minimum atomic E-state index is -0.611. The lowest BCUT2D eigenvalue weighted by Gasteiger charge is -2.21. The summed E-state index contributed by atoms with van der Waals surface area (Å²) >= 11 is 6.49. The average Bonchev–Trinajstić information content (AvgIpc) is 2.72. The maximum Gasteiger partial charge on any atom is 0.132 e. The molecule has 0 bridgehead atoms. The van der Waals surface area contributed by atoms with Crippen molar-refractivity contribution < 1.29 is 8.78 Å². The molecule has 1 N–H and O–H groups in total. The van der Waals surface area contributed by atoms with Crippen molar-refractivity contribution in [2.75, 3.05) is 6.54 Å². The van der Waals surface area contributed by atoms with Crippen LogP contribution in [-0.4, -0.2) is 16.3 Å². The van der Waals surface area contributed by atoms with E-state index in [4.69, 9.17) is 0 Å². The molecule has 0 saturated heterocycles. The molecule has 3 nitrogen and oxygen atoms in total. The topological polar surface area (TPSA) is 29.9 Å². The second-order valence-electron chi connectivity index (χ2n) is 4.67. The first kappa shape index (κ1) is 16.6. The zero-order chi connectivity index (χ0) is 15.6. The second kappa shape index (κ2) is 6.98. The van der Waals surface area contributed by atoms with Gasteiger partial charge in [0.2, 0.25) is 0 Å². The van der Waals surface area contributed by atoms with Crippen LogP contribution in [0.15, 0.2) is 27.3 Å². The van der Waals surface area contributed by atoms with Gasteiger partial charge >= 0.3 is 0 Å². The maximum atomic E-state index is 14.3. The summed E-state index contributed by atoms with van der Waals surface area (Å²) in [6.07, 6.45) is 2.47. The molecule has 0 amide bonds. The van der Waals surface area contributed by atoms with Crippen molar-refractivity contribution in [2.24, 2.45) is 7.05 Å². The average molecular weight is 423 g/mol. The first-order valence-electron chi connectivity index (χ1n) is 6.51. The fourth-order valence-corrected chi connectivity index (χ4v) is 3.18. The highest BCUT2D eigenvalue weighted by Gasteiger charge is 2.26. The zero-order valence-corrected chi connectivity index (χ0v) is 14.8. The van der Waals surface area contributed by atoms with Crippen molar-refractivity contribution >= 4 is 31.9 Å². The van der Waals surface area contributed by atoms with E-state index in [9.17, 15) is 8.78 Å². The summed E-state index contributed by atoms with van der Waals surface area (Å²) in [7, 11) is 1.75. The third-order valence-electron chi connectivity index (χ3n) is 3.14. The monoisotopic (exact) mass is 421 g/mol. The molecule has 0 fully saturated rings. The molecule has 0 saturated carbocycles. The quantitative estimate of drug-likeness (QED) is 0.777. The van der Waals surface area contributed by atoms with Crippen molar-refractivity contribution in [3.05, 3.63) is 50.2 Å². The summed E-state index contributed by atoms with van der Waals surface area (Å²) < 4.78 is 31.3. The third-order valence-corrected chi connectivity index (χ3v) is 4.21. The molecular formula is C14H15Br2F2N3. The predicted molar refractivity (Wildman–Crippen MR) is 85.1 cm³/mol. The Bertz CT molecular complexity index is 601. The second-order valence-corrected chi connectivity index (χ2v) is 6.44. The highest BCUT2D eigenvalue weighted by Crippen LogP contribution is 2.32. The smallest absolute Gasteiger partial charge is 0.132 e. The van der Waals surface area contributed by atoms with E-state index in [0.717, 1.165) is 6.42 Å².